The third-order valence-corrected chi connectivity index (χ3v) is 2.95. The van der Waals surface area contributed by atoms with E-state index >= 15 is 0 Å². The molecule has 0 amide bonds. The van der Waals surface area contributed by atoms with E-state index in [-0.39, 0.29) is 5.56 Å². The molecule has 4 N–H and O–H groups in total. The lowest BCUT2D eigenvalue weighted by molar-refractivity contribution is 0.0697. The van der Waals surface area contributed by atoms with Gasteiger partial charge in [0.05, 0.1) is 16.9 Å². The summed E-state index contributed by atoms with van der Waals surface area (Å²) in [6.45, 7) is 0. The van der Waals surface area contributed by atoms with Gasteiger partial charge in [0.15, 0.2) is 0 Å². The molecule has 0 bridgehead atoms. The SMILES string of the molecule is Nc1ccc(C(=O)O)cc1Nc1ccc(Br)cc1. The fourth-order valence-electron chi connectivity index (χ4n) is 1.49. The van der Waals surface area contributed by atoms with Crippen molar-refractivity contribution < 1.29 is 9.90 Å². The zero-order valence-electron chi connectivity index (χ0n) is 9.35. The largest absolute Gasteiger partial charge is 0.478 e. The molecule has 0 saturated carbocycles. The Morgan fingerprint density at radius 1 is 1.17 bits per heavy atom. The first-order valence-corrected chi connectivity index (χ1v) is 6.01. The summed E-state index contributed by atoms with van der Waals surface area (Å²) in [5, 5.41) is 12.0. The van der Waals surface area contributed by atoms with Gasteiger partial charge in [-0.25, -0.2) is 4.79 Å². The molecule has 92 valence electrons. The number of benzene rings is 2. The van der Waals surface area contributed by atoms with Crippen LogP contribution >= 0.6 is 15.9 Å². The van der Waals surface area contributed by atoms with Gasteiger partial charge >= 0.3 is 5.97 Å². The number of nitrogens with two attached hydrogens (primary N) is 1. The van der Waals surface area contributed by atoms with Crippen LogP contribution in [0.2, 0.25) is 0 Å². The van der Waals surface area contributed by atoms with Gasteiger partial charge in [0.2, 0.25) is 0 Å². The molecule has 0 unspecified atom stereocenters. The first kappa shape index (κ1) is 12.4. The lowest BCUT2D eigenvalue weighted by Gasteiger charge is -2.10. The molecule has 4 nitrogen and oxygen atoms in total. The molecule has 0 atom stereocenters. The standard InChI is InChI=1S/C13H11BrN2O2/c14-9-2-4-10(5-3-9)16-12-7-8(13(17)18)1-6-11(12)15/h1-7,16H,15H2,(H,17,18). The zero-order chi connectivity index (χ0) is 13.1. The minimum atomic E-state index is -0.978. The molecule has 0 aromatic heterocycles. The summed E-state index contributed by atoms with van der Waals surface area (Å²) in [5.74, 6) is -0.978. The maximum Gasteiger partial charge on any atom is 0.335 e. The number of carboxylic acids is 1. The van der Waals surface area contributed by atoms with E-state index in [9.17, 15) is 4.79 Å². The number of carbonyl (C=O) groups is 1. The number of rotatable bonds is 3. The Hall–Kier alpha value is -2.01. The van der Waals surface area contributed by atoms with Gasteiger partial charge in [-0.05, 0) is 42.5 Å². The van der Waals surface area contributed by atoms with Gasteiger partial charge in [0.25, 0.3) is 0 Å². The maximum absolute atomic E-state index is 10.9. The number of nitrogen functional groups attached to an aromatic ring is 1. The van der Waals surface area contributed by atoms with Crippen LogP contribution in [-0.2, 0) is 0 Å². The van der Waals surface area contributed by atoms with Crippen LogP contribution in [-0.4, -0.2) is 11.1 Å². The Morgan fingerprint density at radius 3 is 2.44 bits per heavy atom. The molecule has 0 aliphatic heterocycles. The van der Waals surface area contributed by atoms with Gasteiger partial charge < -0.3 is 16.2 Å². The second-order valence-electron chi connectivity index (χ2n) is 3.74. The van der Waals surface area contributed by atoms with Crippen LogP contribution in [0.3, 0.4) is 0 Å². The van der Waals surface area contributed by atoms with Crippen molar-refractivity contribution in [2.45, 2.75) is 0 Å². The number of hydrogen-bond acceptors (Lipinski definition) is 3. The Labute approximate surface area is 113 Å². The van der Waals surface area contributed by atoms with Gasteiger partial charge in [0.1, 0.15) is 0 Å². The summed E-state index contributed by atoms with van der Waals surface area (Å²) < 4.78 is 0.973. The predicted molar refractivity (Wildman–Crippen MR) is 75.2 cm³/mol. The number of aromatic carboxylic acids is 1. The fourth-order valence-corrected chi connectivity index (χ4v) is 1.75. The van der Waals surface area contributed by atoms with Crippen molar-refractivity contribution in [1.29, 1.82) is 0 Å². The van der Waals surface area contributed by atoms with Gasteiger partial charge in [0, 0.05) is 10.2 Å². The molecule has 18 heavy (non-hydrogen) atoms. The maximum atomic E-state index is 10.9. The molecular weight excluding hydrogens is 296 g/mol. The first-order valence-electron chi connectivity index (χ1n) is 5.21. The van der Waals surface area contributed by atoms with Gasteiger partial charge in [-0.3, -0.25) is 0 Å². The highest BCUT2D eigenvalue weighted by molar-refractivity contribution is 9.10. The van der Waals surface area contributed by atoms with Crippen molar-refractivity contribution in [3.63, 3.8) is 0 Å². The second kappa shape index (κ2) is 5.10. The number of carboxylic acid groups (broad SMARTS) is 1. The Bertz CT molecular complexity index is 582. The monoisotopic (exact) mass is 306 g/mol. The van der Waals surface area contributed by atoms with E-state index < -0.39 is 5.97 Å². The topological polar surface area (TPSA) is 75.4 Å². The smallest absolute Gasteiger partial charge is 0.335 e. The van der Waals surface area contributed by atoms with Crippen molar-refractivity contribution >= 4 is 39.0 Å². The van der Waals surface area contributed by atoms with Crippen molar-refractivity contribution in [1.82, 2.24) is 0 Å². The minimum Gasteiger partial charge on any atom is -0.478 e. The lowest BCUT2D eigenvalue weighted by Crippen LogP contribution is -2.01. The summed E-state index contributed by atoms with van der Waals surface area (Å²) >= 11 is 3.35. The van der Waals surface area contributed by atoms with E-state index in [1.807, 2.05) is 24.3 Å². The van der Waals surface area contributed by atoms with Crippen LogP contribution < -0.4 is 11.1 Å². The quantitative estimate of drug-likeness (QED) is 0.759. The first-order chi connectivity index (χ1) is 8.56. The Morgan fingerprint density at radius 2 is 1.83 bits per heavy atom. The van der Waals surface area contributed by atoms with E-state index in [1.54, 1.807) is 6.07 Å². The molecule has 5 heteroatoms. The van der Waals surface area contributed by atoms with Crippen molar-refractivity contribution in [3.8, 4) is 0 Å². The average Bonchev–Trinajstić information content (AvgIpc) is 2.34. The van der Waals surface area contributed by atoms with Crippen LogP contribution in [0.25, 0.3) is 0 Å². The van der Waals surface area contributed by atoms with Gasteiger partial charge in [-0.15, -0.1) is 0 Å². The molecule has 0 aliphatic rings. The van der Waals surface area contributed by atoms with Crippen LogP contribution in [0.5, 0.6) is 0 Å². The molecule has 0 heterocycles. The number of hydrogen-bond donors (Lipinski definition) is 3. The third-order valence-electron chi connectivity index (χ3n) is 2.42. The highest BCUT2D eigenvalue weighted by Crippen LogP contribution is 2.25. The summed E-state index contributed by atoms with van der Waals surface area (Å²) in [4.78, 5) is 10.9. The molecule has 0 fully saturated rings. The molecule has 0 radical (unpaired) electrons. The zero-order valence-corrected chi connectivity index (χ0v) is 10.9. The lowest BCUT2D eigenvalue weighted by atomic mass is 10.1. The second-order valence-corrected chi connectivity index (χ2v) is 4.65. The van der Waals surface area contributed by atoms with E-state index in [2.05, 4.69) is 21.2 Å². The van der Waals surface area contributed by atoms with Crippen molar-refractivity contribution in [2.24, 2.45) is 0 Å². The van der Waals surface area contributed by atoms with E-state index in [0.29, 0.717) is 11.4 Å². The predicted octanol–water partition coefficient (Wildman–Crippen LogP) is 3.47. The molecule has 2 aromatic carbocycles. The Balaban J connectivity index is 2.30. The number of anilines is 3. The summed E-state index contributed by atoms with van der Waals surface area (Å²) in [5.41, 5.74) is 7.92. The third kappa shape index (κ3) is 2.81. The summed E-state index contributed by atoms with van der Waals surface area (Å²) in [7, 11) is 0. The molecular formula is C13H11BrN2O2. The summed E-state index contributed by atoms with van der Waals surface area (Å²) in [6.07, 6.45) is 0. The number of halogens is 1. The highest BCUT2D eigenvalue weighted by Gasteiger charge is 2.06. The van der Waals surface area contributed by atoms with E-state index in [4.69, 9.17) is 10.8 Å². The Kier molecular flexibility index (Phi) is 3.53. The normalized spacial score (nSPS) is 10.1. The molecule has 2 aromatic rings. The van der Waals surface area contributed by atoms with Crippen LogP contribution in [0.15, 0.2) is 46.9 Å². The fraction of sp³-hybridized carbons (Fsp3) is 0. The van der Waals surface area contributed by atoms with Crippen LogP contribution in [0.1, 0.15) is 10.4 Å². The van der Waals surface area contributed by atoms with Crippen LogP contribution in [0.4, 0.5) is 17.1 Å². The number of nitrogens with one attached hydrogen (secondary N) is 1. The minimum absolute atomic E-state index is 0.198. The van der Waals surface area contributed by atoms with Gasteiger partial charge in [-0.1, -0.05) is 15.9 Å². The molecule has 2 rings (SSSR count). The van der Waals surface area contributed by atoms with Crippen molar-refractivity contribution in [3.05, 3.63) is 52.5 Å². The molecule has 0 spiro atoms. The summed E-state index contributed by atoms with van der Waals surface area (Å²) in [6, 6.07) is 12.1. The van der Waals surface area contributed by atoms with Gasteiger partial charge in [-0.2, -0.15) is 0 Å². The van der Waals surface area contributed by atoms with Crippen LogP contribution in [0, 0.1) is 0 Å². The molecule has 0 aliphatic carbocycles. The highest BCUT2D eigenvalue weighted by atomic mass is 79.9. The van der Waals surface area contributed by atoms with E-state index in [1.165, 1.54) is 12.1 Å². The molecule has 0 saturated heterocycles. The van der Waals surface area contributed by atoms with Crippen molar-refractivity contribution in [2.75, 3.05) is 11.1 Å². The average molecular weight is 307 g/mol. The van der Waals surface area contributed by atoms with E-state index in [0.717, 1.165) is 10.2 Å².